The summed E-state index contributed by atoms with van der Waals surface area (Å²) in [7, 11) is 0. The van der Waals surface area contributed by atoms with Crippen LogP contribution in [0.25, 0.3) is 0 Å². The summed E-state index contributed by atoms with van der Waals surface area (Å²) in [5, 5.41) is 0. The smallest absolute Gasteiger partial charge is 0.117 e. The molecule has 5 aliphatic rings. The first-order valence-electron chi connectivity index (χ1n) is 5.82. The first-order chi connectivity index (χ1) is 7.11. The van der Waals surface area contributed by atoms with Crippen molar-refractivity contribution in [2.45, 2.75) is 39.3 Å². The number of ether oxygens (including phenoxy) is 1. The monoisotopic (exact) mass is 258 g/mol. The summed E-state index contributed by atoms with van der Waals surface area (Å²) in [6.45, 7) is 4.73. The second-order valence-electron chi connectivity index (χ2n) is 5.86. The van der Waals surface area contributed by atoms with E-state index in [2.05, 4.69) is 49.1 Å². The van der Waals surface area contributed by atoms with Gasteiger partial charge in [0.25, 0.3) is 0 Å². The molecule has 0 aromatic rings. The van der Waals surface area contributed by atoms with E-state index in [0.717, 1.165) is 32.8 Å². The Labute approximate surface area is 103 Å². The van der Waals surface area contributed by atoms with Crippen LogP contribution in [0.4, 0.5) is 0 Å². The van der Waals surface area contributed by atoms with Crippen LogP contribution in [-0.4, -0.2) is 19.0 Å². The molecule has 2 bridgehead atoms. The van der Waals surface area contributed by atoms with Gasteiger partial charge in [0.15, 0.2) is 0 Å². The van der Waals surface area contributed by atoms with Crippen LogP contribution >= 0.6 is 35.3 Å². The predicted octanol–water partition coefficient (Wildman–Crippen LogP) is 3.21. The maximum Gasteiger partial charge on any atom is 0.117 e. The van der Waals surface area contributed by atoms with Crippen LogP contribution in [0.3, 0.4) is 0 Å². The van der Waals surface area contributed by atoms with Crippen LogP contribution in [0, 0.1) is 23.7 Å². The first kappa shape index (κ1) is 9.01. The average Bonchev–Trinajstić information content (AvgIpc) is 2.70. The molecule has 4 aliphatic heterocycles. The summed E-state index contributed by atoms with van der Waals surface area (Å²) in [4.78, 5) is 0.323. The molecule has 15 heavy (non-hydrogen) atoms. The van der Waals surface area contributed by atoms with Gasteiger partial charge >= 0.3 is 0 Å². The summed E-state index contributed by atoms with van der Waals surface area (Å²) < 4.78 is 8.20. The molecule has 0 aromatic carbocycles. The van der Waals surface area contributed by atoms with Crippen molar-refractivity contribution < 1.29 is 4.74 Å². The van der Waals surface area contributed by atoms with Crippen LogP contribution < -0.4 is 0 Å². The van der Waals surface area contributed by atoms with E-state index in [-0.39, 0.29) is 9.87 Å². The van der Waals surface area contributed by atoms with Gasteiger partial charge in [-0.15, -0.1) is 35.3 Å². The highest BCUT2D eigenvalue weighted by atomic mass is 32.2. The molecule has 4 saturated heterocycles. The zero-order valence-corrected chi connectivity index (χ0v) is 11.3. The minimum atomic E-state index is 0.162. The molecule has 1 nitrogen and oxygen atoms in total. The Balaban J connectivity index is 1.80. The number of rotatable bonds is 0. The summed E-state index contributed by atoms with van der Waals surface area (Å²) in [5.74, 6) is 3.68. The van der Waals surface area contributed by atoms with Gasteiger partial charge in [-0.1, -0.05) is 0 Å². The number of hydrogen-bond acceptors (Lipinski definition) is 4. The molecule has 4 heterocycles. The van der Waals surface area contributed by atoms with E-state index in [0.29, 0.717) is 0 Å². The van der Waals surface area contributed by atoms with Crippen LogP contribution in [0.5, 0.6) is 0 Å². The average molecular weight is 258 g/mol. The maximum atomic E-state index is 6.50. The molecule has 0 radical (unpaired) electrons. The first-order valence-corrected chi connectivity index (χ1v) is 8.52. The van der Waals surface area contributed by atoms with Crippen molar-refractivity contribution in [2.24, 2.45) is 23.7 Å². The second kappa shape index (κ2) is 2.27. The van der Waals surface area contributed by atoms with Gasteiger partial charge in [0.2, 0.25) is 0 Å². The molecule has 5 rings (SSSR count). The second-order valence-corrected chi connectivity index (χ2v) is 10.9. The van der Waals surface area contributed by atoms with Crippen molar-refractivity contribution in [1.29, 1.82) is 0 Å². The lowest BCUT2D eigenvalue weighted by Crippen LogP contribution is -2.28. The molecule has 1 saturated carbocycles. The van der Waals surface area contributed by atoms with Crippen molar-refractivity contribution in [2.75, 3.05) is 0 Å². The molecule has 5 fully saturated rings. The zero-order valence-electron chi connectivity index (χ0n) is 8.80. The molecule has 0 amide bonds. The van der Waals surface area contributed by atoms with Crippen molar-refractivity contribution in [1.82, 2.24) is 0 Å². The molecule has 0 unspecified atom stereocenters. The minimum absolute atomic E-state index is 0.162. The lowest BCUT2D eigenvalue weighted by Gasteiger charge is -2.34. The van der Waals surface area contributed by atoms with Gasteiger partial charge in [0.05, 0.1) is 9.16 Å². The Morgan fingerprint density at radius 1 is 1.00 bits per heavy atom. The van der Waals surface area contributed by atoms with Gasteiger partial charge in [-0.2, -0.15) is 0 Å². The number of thioether (sulfide) groups is 3. The third kappa shape index (κ3) is 0.782. The molecule has 0 aromatic heterocycles. The lowest BCUT2D eigenvalue weighted by atomic mass is 9.84. The molecule has 82 valence electrons. The third-order valence-electron chi connectivity index (χ3n) is 5.14. The summed E-state index contributed by atoms with van der Waals surface area (Å²) in [6, 6.07) is 0. The van der Waals surface area contributed by atoms with Gasteiger partial charge in [-0.25, -0.2) is 0 Å². The Hall–Kier alpha value is 1.01. The number of hydrogen-bond donors (Lipinski definition) is 0. The van der Waals surface area contributed by atoms with E-state index < -0.39 is 0 Å². The maximum absolute atomic E-state index is 6.50. The quantitative estimate of drug-likeness (QED) is 0.659. The highest BCUT2D eigenvalue weighted by Gasteiger charge is 2.78. The Bertz CT molecular complexity index is 343. The van der Waals surface area contributed by atoms with Gasteiger partial charge < -0.3 is 4.74 Å². The molecule has 1 aliphatic carbocycles. The van der Waals surface area contributed by atoms with Crippen molar-refractivity contribution in [3.8, 4) is 0 Å². The van der Waals surface area contributed by atoms with Crippen LogP contribution in [-0.2, 0) is 4.74 Å². The van der Waals surface area contributed by atoms with Crippen LogP contribution in [0.1, 0.15) is 20.3 Å². The largest absolute Gasteiger partial charge is 0.347 e. The Kier molecular flexibility index (Phi) is 1.36. The highest BCUT2D eigenvalue weighted by molar-refractivity contribution is 8.25. The lowest BCUT2D eigenvalue weighted by molar-refractivity contribution is 0.000293. The van der Waals surface area contributed by atoms with Crippen LogP contribution in [0.15, 0.2) is 0 Å². The normalized spacial score (nSPS) is 77.2. The summed E-state index contributed by atoms with van der Waals surface area (Å²) in [5.41, 5.74) is 0. The zero-order chi connectivity index (χ0) is 10.00. The van der Waals surface area contributed by atoms with Gasteiger partial charge in [0.1, 0.15) is 9.87 Å². The fourth-order valence-electron chi connectivity index (χ4n) is 4.90. The topological polar surface area (TPSA) is 9.23 Å². The Morgan fingerprint density at radius 2 is 1.53 bits per heavy atom. The van der Waals surface area contributed by atoms with E-state index >= 15 is 0 Å². The minimum Gasteiger partial charge on any atom is -0.347 e. The van der Waals surface area contributed by atoms with Crippen molar-refractivity contribution in [3.05, 3.63) is 0 Å². The highest BCUT2D eigenvalue weighted by Crippen LogP contribution is 2.82. The fraction of sp³-hybridized carbons (Fsp3) is 1.00. The van der Waals surface area contributed by atoms with Gasteiger partial charge in [0, 0.05) is 11.8 Å². The van der Waals surface area contributed by atoms with E-state index in [1.54, 1.807) is 0 Å². The summed E-state index contributed by atoms with van der Waals surface area (Å²) >= 11 is 6.56. The third-order valence-corrected chi connectivity index (χ3v) is 10.4. The van der Waals surface area contributed by atoms with E-state index in [9.17, 15) is 0 Å². The molecular formula is C11H14OS3. The predicted molar refractivity (Wildman–Crippen MR) is 66.8 cm³/mol. The van der Waals surface area contributed by atoms with Crippen LogP contribution in [0.2, 0.25) is 0 Å². The van der Waals surface area contributed by atoms with E-state index in [4.69, 9.17) is 4.74 Å². The summed E-state index contributed by atoms with van der Waals surface area (Å²) in [6.07, 6.45) is 1.51. The fourth-order valence-corrected chi connectivity index (χ4v) is 11.9. The molecule has 8 atom stereocenters. The Morgan fingerprint density at radius 3 is 2.07 bits per heavy atom. The molecule has 0 N–H and O–H groups in total. The SMILES string of the molecule is C[C@]12O[C@]3(C)S[C@@H]4S[C@H](S1)[C@H]1C[C@@H]4[C@@H]3[C@@H]12. The van der Waals surface area contributed by atoms with Crippen molar-refractivity contribution in [3.63, 3.8) is 0 Å². The molecule has 0 spiro atoms. The van der Waals surface area contributed by atoms with E-state index in [1.807, 2.05) is 0 Å². The molecular weight excluding hydrogens is 244 g/mol. The standard InChI is InChI=1S/C11H14OS3/c1-10-6-4-3-5-7(6)11(2,12-10)15-9(5)13-8(4)14-10/h4-9H,3H2,1-2H3/t4-,5+,6-,7-,8+,9-,10-,11+/m1/s1. The van der Waals surface area contributed by atoms with Gasteiger partial charge in [-0.05, 0) is 32.1 Å². The van der Waals surface area contributed by atoms with Crippen molar-refractivity contribution >= 4 is 35.3 Å². The molecule has 4 heteroatoms. The van der Waals surface area contributed by atoms with Gasteiger partial charge in [-0.3, -0.25) is 0 Å². The van der Waals surface area contributed by atoms with E-state index in [1.165, 1.54) is 6.42 Å².